The molecule has 2 aromatic heterocycles. The fourth-order valence-corrected chi connectivity index (χ4v) is 5.38. The fraction of sp³-hybridized carbons (Fsp3) is 0.407. The van der Waals surface area contributed by atoms with Crippen LogP contribution in [0, 0.1) is 6.92 Å². The first kappa shape index (κ1) is 21.3. The minimum absolute atomic E-state index is 0.135. The molecule has 1 fully saturated rings. The van der Waals surface area contributed by atoms with Crippen molar-refractivity contribution in [3.63, 3.8) is 0 Å². The third kappa shape index (κ3) is 3.45. The van der Waals surface area contributed by atoms with Crippen molar-refractivity contribution in [2.75, 3.05) is 11.4 Å². The Balaban J connectivity index is 1.62. The smallest absolute Gasteiger partial charge is 0.116 e. The van der Waals surface area contributed by atoms with Crippen molar-refractivity contribution in [2.45, 2.75) is 65.3 Å². The number of benzene rings is 2. The van der Waals surface area contributed by atoms with E-state index in [4.69, 9.17) is 21.6 Å². The lowest BCUT2D eigenvalue weighted by atomic mass is 9.89. The number of imidazole rings is 1. The number of aromatic nitrogens is 3. The van der Waals surface area contributed by atoms with Gasteiger partial charge in [0.25, 0.3) is 0 Å². The van der Waals surface area contributed by atoms with Gasteiger partial charge in [0.2, 0.25) is 0 Å². The van der Waals surface area contributed by atoms with Gasteiger partial charge in [0, 0.05) is 18.0 Å². The zero-order chi connectivity index (χ0) is 22.6. The maximum Gasteiger partial charge on any atom is 0.116 e. The van der Waals surface area contributed by atoms with Crippen molar-refractivity contribution in [3.8, 4) is 11.1 Å². The number of anilines is 1. The fourth-order valence-electron chi connectivity index (χ4n) is 5.09. The van der Waals surface area contributed by atoms with Crippen LogP contribution in [0.5, 0.6) is 0 Å². The van der Waals surface area contributed by atoms with Crippen LogP contribution in [-0.2, 0) is 0 Å². The normalized spacial score (nSPS) is 16.4. The van der Waals surface area contributed by atoms with E-state index < -0.39 is 0 Å². The van der Waals surface area contributed by atoms with Crippen molar-refractivity contribution in [2.24, 2.45) is 0 Å². The molecule has 0 spiro atoms. The van der Waals surface area contributed by atoms with E-state index in [1.807, 2.05) is 6.20 Å². The molecule has 0 bridgehead atoms. The maximum atomic E-state index is 6.85. The van der Waals surface area contributed by atoms with Gasteiger partial charge in [0.1, 0.15) is 5.82 Å². The van der Waals surface area contributed by atoms with Crippen LogP contribution in [0.25, 0.3) is 27.7 Å². The van der Waals surface area contributed by atoms with E-state index in [1.54, 1.807) is 0 Å². The summed E-state index contributed by atoms with van der Waals surface area (Å²) < 4.78 is 2.26. The van der Waals surface area contributed by atoms with Gasteiger partial charge in [-0.3, -0.25) is 9.38 Å². The molecule has 3 heterocycles. The summed E-state index contributed by atoms with van der Waals surface area (Å²) in [6.07, 6.45) is 5.63. The van der Waals surface area contributed by atoms with Gasteiger partial charge in [-0.15, -0.1) is 0 Å². The minimum atomic E-state index is 0.135. The molecule has 1 aliphatic heterocycles. The number of hydrogen-bond donors (Lipinski definition) is 0. The average Bonchev–Trinajstić information content (AvgIpc) is 3.11. The van der Waals surface area contributed by atoms with Crippen molar-refractivity contribution in [3.05, 3.63) is 59.1 Å². The predicted octanol–water partition coefficient (Wildman–Crippen LogP) is 7.40. The zero-order valence-electron chi connectivity index (χ0n) is 19.6. The first-order chi connectivity index (χ1) is 15.3. The standard InChI is InChI=1S/C27H31ClN4/c1-17(2)26-30-18(3)25-16-29-22-10-8-20(15-24(22)32(25)26)19-9-11-23(21(28)14-19)31-13-7-6-12-27(31,4)5/h8-11,14-17H,6-7,12-13H2,1-5H3. The summed E-state index contributed by atoms with van der Waals surface area (Å²) in [7, 11) is 0. The number of nitrogens with zero attached hydrogens (tertiary/aromatic N) is 4. The van der Waals surface area contributed by atoms with E-state index in [9.17, 15) is 0 Å². The molecule has 0 radical (unpaired) electrons. The summed E-state index contributed by atoms with van der Waals surface area (Å²) in [6.45, 7) is 12.1. The van der Waals surface area contributed by atoms with E-state index in [0.29, 0.717) is 5.92 Å². The molecule has 0 aliphatic carbocycles. The van der Waals surface area contributed by atoms with Gasteiger partial charge < -0.3 is 4.90 Å². The van der Waals surface area contributed by atoms with Gasteiger partial charge >= 0.3 is 0 Å². The number of piperidine rings is 1. The van der Waals surface area contributed by atoms with Crippen molar-refractivity contribution in [1.29, 1.82) is 0 Å². The highest BCUT2D eigenvalue weighted by molar-refractivity contribution is 6.33. The minimum Gasteiger partial charge on any atom is -0.365 e. The highest BCUT2D eigenvalue weighted by atomic mass is 35.5. The van der Waals surface area contributed by atoms with Crippen molar-refractivity contribution < 1.29 is 0 Å². The second kappa shape index (κ2) is 7.77. The largest absolute Gasteiger partial charge is 0.365 e. The Morgan fingerprint density at radius 2 is 1.75 bits per heavy atom. The Morgan fingerprint density at radius 1 is 1.00 bits per heavy atom. The monoisotopic (exact) mass is 446 g/mol. The molecule has 32 heavy (non-hydrogen) atoms. The van der Waals surface area contributed by atoms with Crippen LogP contribution in [0.4, 0.5) is 5.69 Å². The topological polar surface area (TPSA) is 33.4 Å². The number of hydrogen-bond acceptors (Lipinski definition) is 3. The summed E-state index contributed by atoms with van der Waals surface area (Å²) in [4.78, 5) is 12.0. The maximum absolute atomic E-state index is 6.85. The molecule has 4 nitrogen and oxygen atoms in total. The second-order valence-electron chi connectivity index (χ2n) is 9.98. The number of rotatable bonds is 3. The van der Waals surface area contributed by atoms with Gasteiger partial charge in [-0.25, -0.2) is 4.98 Å². The molecule has 0 atom stereocenters. The third-order valence-corrected chi connectivity index (χ3v) is 7.21. The lowest BCUT2D eigenvalue weighted by Gasteiger charge is -2.44. The van der Waals surface area contributed by atoms with Gasteiger partial charge in [-0.2, -0.15) is 0 Å². The molecule has 5 rings (SSSR count). The molecular formula is C27H31ClN4. The molecule has 1 aliphatic rings. The quantitative estimate of drug-likeness (QED) is 0.328. The molecule has 0 unspecified atom stereocenters. The van der Waals surface area contributed by atoms with E-state index in [2.05, 4.69) is 80.3 Å². The molecule has 4 aromatic rings. The average molecular weight is 447 g/mol. The van der Waals surface area contributed by atoms with Crippen LogP contribution in [-0.4, -0.2) is 26.5 Å². The van der Waals surface area contributed by atoms with Crippen LogP contribution < -0.4 is 4.90 Å². The molecular weight excluding hydrogens is 416 g/mol. The zero-order valence-corrected chi connectivity index (χ0v) is 20.4. The van der Waals surface area contributed by atoms with Crippen LogP contribution in [0.1, 0.15) is 64.4 Å². The number of aryl methyl sites for hydroxylation is 1. The van der Waals surface area contributed by atoms with E-state index in [1.165, 1.54) is 19.3 Å². The Labute approximate surface area is 195 Å². The summed E-state index contributed by atoms with van der Waals surface area (Å²) >= 11 is 6.85. The summed E-state index contributed by atoms with van der Waals surface area (Å²) in [6, 6.07) is 12.9. The summed E-state index contributed by atoms with van der Waals surface area (Å²) in [5.74, 6) is 1.40. The predicted molar refractivity (Wildman–Crippen MR) is 135 cm³/mol. The molecule has 0 amide bonds. The molecule has 0 N–H and O–H groups in total. The van der Waals surface area contributed by atoms with Crippen LogP contribution in [0.2, 0.25) is 5.02 Å². The van der Waals surface area contributed by atoms with Crippen LogP contribution in [0.15, 0.2) is 42.6 Å². The number of halogens is 1. The summed E-state index contributed by atoms with van der Waals surface area (Å²) in [5.41, 5.74) is 7.67. The Bertz CT molecular complexity index is 1320. The Morgan fingerprint density at radius 3 is 2.47 bits per heavy atom. The molecule has 166 valence electrons. The lowest BCUT2D eigenvalue weighted by Crippen LogP contribution is -2.47. The lowest BCUT2D eigenvalue weighted by molar-refractivity contribution is 0.362. The molecule has 5 heteroatoms. The van der Waals surface area contributed by atoms with E-state index >= 15 is 0 Å². The Kier molecular flexibility index (Phi) is 5.16. The summed E-state index contributed by atoms with van der Waals surface area (Å²) in [5, 5.41) is 0.815. The second-order valence-corrected chi connectivity index (χ2v) is 10.4. The van der Waals surface area contributed by atoms with Gasteiger partial charge in [0.15, 0.2) is 0 Å². The SMILES string of the molecule is Cc1nc(C(C)C)n2c1cnc1ccc(-c3ccc(N4CCCCC4(C)C)c(Cl)c3)cc12. The molecule has 0 saturated carbocycles. The van der Waals surface area contributed by atoms with Crippen LogP contribution >= 0.6 is 11.6 Å². The van der Waals surface area contributed by atoms with Crippen molar-refractivity contribution in [1.82, 2.24) is 14.4 Å². The molecule has 2 aromatic carbocycles. The third-order valence-electron chi connectivity index (χ3n) is 6.90. The van der Waals surface area contributed by atoms with Crippen LogP contribution in [0.3, 0.4) is 0 Å². The highest BCUT2D eigenvalue weighted by Crippen LogP contribution is 2.39. The highest BCUT2D eigenvalue weighted by Gasteiger charge is 2.31. The Hall–Kier alpha value is -2.59. The first-order valence-electron chi connectivity index (χ1n) is 11.6. The van der Waals surface area contributed by atoms with E-state index in [-0.39, 0.29) is 5.54 Å². The van der Waals surface area contributed by atoms with E-state index in [0.717, 1.165) is 56.5 Å². The van der Waals surface area contributed by atoms with Gasteiger partial charge in [0.05, 0.1) is 39.2 Å². The van der Waals surface area contributed by atoms with Gasteiger partial charge in [-0.1, -0.05) is 37.6 Å². The van der Waals surface area contributed by atoms with Crippen molar-refractivity contribution >= 4 is 33.8 Å². The first-order valence-corrected chi connectivity index (χ1v) is 12.0. The number of fused-ring (bicyclic) bond motifs is 3. The van der Waals surface area contributed by atoms with Gasteiger partial charge in [-0.05, 0) is 75.4 Å². The molecule has 1 saturated heterocycles.